The van der Waals surface area contributed by atoms with E-state index in [0.29, 0.717) is 0 Å². The van der Waals surface area contributed by atoms with Crippen molar-refractivity contribution < 1.29 is 19.1 Å². The molecule has 0 aromatic heterocycles. The van der Waals surface area contributed by atoms with E-state index in [9.17, 15) is 9.59 Å². The molecular formula is C14H16N4O4. The highest BCUT2D eigenvalue weighted by Crippen LogP contribution is 2.18. The van der Waals surface area contributed by atoms with Crippen LogP contribution in [0.2, 0.25) is 0 Å². The molecule has 1 aliphatic rings. The molecule has 2 rings (SSSR count). The van der Waals surface area contributed by atoms with Gasteiger partial charge in [0.2, 0.25) is 0 Å². The number of azide groups is 1. The average Bonchev–Trinajstić information content (AvgIpc) is 2.88. The minimum Gasteiger partial charge on any atom is -0.460 e. The van der Waals surface area contributed by atoms with Crippen LogP contribution in [-0.2, 0) is 20.9 Å². The monoisotopic (exact) mass is 304 g/mol. The fraction of sp³-hybridized carbons (Fsp3) is 0.429. The first kappa shape index (κ1) is 15.7. The van der Waals surface area contributed by atoms with Gasteiger partial charge < -0.3 is 14.4 Å². The van der Waals surface area contributed by atoms with Crippen molar-refractivity contribution in [3.8, 4) is 0 Å². The third-order valence-corrected chi connectivity index (χ3v) is 3.22. The van der Waals surface area contributed by atoms with E-state index in [1.165, 1.54) is 11.8 Å². The van der Waals surface area contributed by atoms with Crippen molar-refractivity contribution in [3.63, 3.8) is 0 Å². The Kier molecular flexibility index (Phi) is 5.21. The average molecular weight is 304 g/mol. The van der Waals surface area contributed by atoms with Crippen molar-refractivity contribution in [2.75, 3.05) is 13.1 Å². The highest BCUT2D eigenvalue weighted by Gasteiger charge is 2.37. The van der Waals surface area contributed by atoms with E-state index in [2.05, 4.69) is 10.0 Å². The normalized spacial score (nSPS) is 20.1. The number of amides is 1. The van der Waals surface area contributed by atoms with Gasteiger partial charge >= 0.3 is 12.1 Å². The molecule has 1 aromatic carbocycles. The zero-order valence-electron chi connectivity index (χ0n) is 12.1. The number of hydrogen-bond donors (Lipinski definition) is 0. The molecule has 1 heterocycles. The Morgan fingerprint density at radius 3 is 2.73 bits per heavy atom. The van der Waals surface area contributed by atoms with Gasteiger partial charge in [-0.05, 0) is 11.1 Å². The van der Waals surface area contributed by atoms with Crippen LogP contribution in [0.4, 0.5) is 4.79 Å². The summed E-state index contributed by atoms with van der Waals surface area (Å²) in [6, 6.07) is 8.68. The summed E-state index contributed by atoms with van der Waals surface area (Å²) in [5.74, 6) is -0.484. The number of likely N-dealkylation sites (tertiary alicyclic amines) is 1. The highest BCUT2D eigenvalue weighted by atomic mass is 16.6. The van der Waals surface area contributed by atoms with Crippen molar-refractivity contribution in [2.24, 2.45) is 5.11 Å². The third-order valence-electron chi connectivity index (χ3n) is 3.22. The first-order chi connectivity index (χ1) is 10.6. The zero-order chi connectivity index (χ0) is 15.9. The fourth-order valence-electron chi connectivity index (χ4n) is 2.22. The maximum atomic E-state index is 12.0. The molecule has 0 saturated carbocycles. The largest absolute Gasteiger partial charge is 0.460 e. The van der Waals surface area contributed by atoms with Crippen molar-refractivity contribution in [1.82, 2.24) is 4.90 Å². The minimum atomic E-state index is -0.641. The fourth-order valence-corrected chi connectivity index (χ4v) is 2.22. The van der Waals surface area contributed by atoms with Crippen molar-refractivity contribution >= 4 is 12.1 Å². The lowest BCUT2D eigenvalue weighted by Crippen LogP contribution is -2.31. The lowest BCUT2D eigenvalue weighted by Gasteiger charge is -2.16. The Balaban J connectivity index is 1.92. The first-order valence-corrected chi connectivity index (χ1v) is 6.77. The van der Waals surface area contributed by atoms with Crippen LogP contribution in [0.25, 0.3) is 10.4 Å². The second-order valence-corrected chi connectivity index (χ2v) is 4.87. The number of benzene rings is 1. The summed E-state index contributed by atoms with van der Waals surface area (Å²) in [5, 5.41) is 3.56. The number of esters is 1. The molecule has 22 heavy (non-hydrogen) atoms. The number of carbonyl (C=O) groups is 2. The quantitative estimate of drug-likeness (QED) is 0.368. The highest BCUT2D eigenvalue weighted by molar-refractivity contribution is 5.69. The van der Waals surface area contributed by atoms with Crippen LogP contribution in [0.15, 0.2) is 35.4 Å². The summed E-state index contributed by atoms with van der Waals surface area (Å²) in [4.78, 5) is 27.2. The molecule has 1 aromatic rings. The molecular weight excluding hydrogens is 288 g/mol. The molecule has 2 atom stereocenters. The molecule has 1 saturated heterocycles. The molecule has 0 radical (unpaired) electrons. The molecule has 0 N–H and O–H groups in total. The van der Waals surface area contributed by atoms with Crippen molar-refractivity contribution in [3.05, 3.63) is 46.3 Å². The van der Waals surface area contributed by atoms with Gasteiger partial charge in [-0.2, -0.15) is 0 Å². The van der Waals surface area contributed by atoms with E-state index >= 15 is 0 Å². The van der Waals surface area contributed by atoms with Crippen LogP contribution >= 0.6 is 0 Å². The minimum absolute atomic E-state index is 0.150. The van der Waals surface area contributed by atoms with E-state index in [1.54, 1.807) is 0 Å². The van der Waals surface area contributed by atoms with Crippen molar-refractivity contribution in [1.29, 1.82) is 0 Å². The molecule has 0 spiro atoms. The first-order valence-electron chi connectivity index (χ1n) is 6.77. The number of nitrogens with zero attached hydrogens (tertiary/aromatic N) is 4. The van der Waals surface area contributed by atoms with Gasteiger partial charge in [-0.25, -0.2) is 4.79 Å². The van der Waals surface area contributed by atoms with E-state index in [4.69, 9.17) is 15.0 Å². The third kappa shape index (κ3) is 4.13. The number of hydrogen-bond acceptors (Lipinski definition) is 5. The van der Waals surface area contributed by atoms with Crippen LogP contribution in [0.1, 0.15) is 12.5 Å². The van der Waals surface area contributed by atoms with E-state index in [0.717, 1.165) is 5.56 Å². The van der Waals surface area contributed by atoms with Gasteiger partial charge in [0, 0.05) is 18.4 Å². The molecule has 1 amide bonds. The van der Waals surface area contributed by atoms with Crippen LogP contribution in [0.3, 0.4) is 0 Å². The Hall–Kier alpha value is -2.73. The molecule has 8 heteroatoms. The molecule has 116 valence electrons. The van der Waals surface area contributed by atoms with Gasteiger partial charge in [0.05, 0.1) is 12.6 Å². The summed E-state index contributed by atoms with van der Waals surface area (Å²) in [6.45, 7) is 1.73. The SMILES string of the molecule is CC(=O)O[C@@H]1CN(C(=O)OCc2ccccc2)C[C@H]1N=[N+]=[N-]. The van der Waals surface area contributed by atoms with Crippen LogP contribution in [0, 0.1) is 0 Å². The predicted octanol–water partition coefficient (Wildman–Crippen LogP) is 2.25. The Labute approximate surface area is 127 Å². The summed E-state index contributed by atoms with van der Waals surface area (Å²) in [7, 11) is 0. The Morgan fingerprint density at radius 2 is 2.09 bits per heavy atom. The molecule has 8 nitrogen and oxygen atoms in total. The molecule has 0 bridgehead atoms. The van der Waals surface area contributed by atoms with Crippen LogP contribution < -0.4 is 0 Å². The van der Waals surface area contributed by atoms with Gasteiger partial charge in [0.15, 0.2) is 0 Å². The van der Waals surface area contributed by atoms with E-state index in [-0.39, 0.29) is 19.7 Å². The zero-order valence-corrected chi connectivity index (χ0v) is 12.1. The van der Waals surface area contributed by atoms with E-state index < -0.39 is 24.2 Å². The lowest BCUT2D eigenvalue weighted by molar-refractivity contribution is -0.146. The smallest absolute Gasteiger partial charge is 0.410 e. The summed E-state index contributed by atoms with van der Waals surface area (Å²) in [6.07, 6.45) is -1.17. The van der Waals surface area contributed by atoms with Crippen LogP contribution in [0.5, 0.6) is 0 Å². The molecule has 1 aliphatic heterocycles. The van der Waals surface area contributed by atoms with Crippen LogP contribution in [-0.4, -0.2) is 42.2 Å². The predicted molar refractivity (Wildman–Crippen MR) is 76.7 cm³/mol. The maximum Gasteiger partial charge on any atom is 0.410 e. The molecule has 1 fully saturated rings. The van der Waals surface area contributed by atoms with Gasteiger partial charge in [-0.1, -0.05) is 35.4 Å². The molecule has 0 aliphatic carbocycles. The Morgan fingerprint density at radius 1 is 1.36 bits per heavy atom. The van der Waals surface area contributed by atoms with Gasteiger partial charge in [-0.3, -0.25) is 4.79 Å². The summed E-state index contributed by atoms with van der Waals surface area (Å²) in [5.41, 5.74) is 9.41. The topological polar surface area (TPSA) is 105 Å². The van der Waals surface area contributed by atoms with E-state index in [1.807, 2.05) is 30.3 Å². The molecule has 0 unspecified atom stereocenters. The maximum absolute atomic E-state index is 12.0. The van der Waals surface area contributed by atoms with Gasteiger partial charge in [0.1, 0.15) is 12.7 Å². The van der Waals surface area contributed by atoms with Crippen molar-refractivity contribution in [2.45, 2.75) is 25.7 Å². The number of rotatable bonds is 4. The summed E-state index contributed by atoms with van der Waals surface area (Å²) < 4.78 is 10.3. The van der Waals surface area contributed by atoms with Gasteiger partial charge in [0.25, 0.3) is 0 Å². The lowest BCUT2D eigenvalue weighted by atomic mass is 10.2. The second-order valence-electron chi connectivity index (χ2n) is 4.87. The Bertz CT molecular complexity index is 586. The standard InChI is InChI=1S/C14H16N4O4/c1-10(19)22-13-8-18(7-12(13)16-17-15)14(20)21-9-11-5-3-2-4-6-11/h2-6,12-13H,7-9H2,1H3/t12-,13-/m1/s1. The number of carbonyl (C=O) groups excluding carboxylic acids is 2. The van der Waals surface area contributed by atoms with Gasteiger partial charge in [-0.15, -0.1) is 0 Å². The summed E-state index contributed by atoms with van der Waals surface area (Å²) >= 11 is 0. The number of ether oxygens (including phenoxy) is 2. The second kappa shape index (κ2) is 7.33.